The monoisotopic (exact) mass is 607 g/mol. The summed E-state index contributed by atoms with van der Waals surface area (Å²) in [5.74, 6) is -0.372. The first-order chi connectivity index (χ1) is 20.9. The van der Waals surface area contributed by atoms with E-state index < -0.39 is 23.6 Å². The van der Waals surface area contributed by atoms with Crippen molar-refractivity contribution in [3.63, 3.8) is 0 Å². The Bertz CT molecular complexity index is 1630. The number of rotatable bonds is 11. The van der Waals surface area contributed by atoms with Gasteiger partial charge < -0.3 is 31.3 Å². The minimum Gasteiger partial charge on any atom is -0.491 e. The molecule has 3 aromatic carbocycles. The van der Waals surface area contributed by atoms with E-state index in [1.165, 1.54) is 24.5 Å². The summed E-state index contributed by atoms with van der Waals surface area (Å²) >= 11 is 0. The lowest BCUT2D eigenvalue weighted by molar-refractivity contribution is -0.137. The smallest absolute Gasteiger partial charge is 0.416 e. The lowest BCUT2D eigenvalue weighted by Crippen LogP contribution is -2.16. The van der Waals surface area contributed by atoms with Crippen LogP contribution in [0, 0.1) is 6.92 Å². The number of carbonyl (C=O) groups is 2. The first kappa shape index (κ1) is 31.8. The Morgan fingerprint density at radius 1 is 0.909 bits per heavy atom. The lowest BCUT2D eigenvalue weighted by Gasteiger charge is -2.13. The van der Waals surface area contributed by atoms with Crippen LogP contribution in [0.15, 0.2) is 73.1 Å². The highest BCUT2D eigenvalue weighted by Gasteiger charge is 2.31. The van der Waals surface area contributed by atoms with Crippen molar-refractivity contribution in [3.8, 4) is 5.75 Å². The number of hydrogen-bond acceptors (Lipinski definition) is 8. The topological polar surface area (TPSA) is 134 Å². The second-order valence-electron chi connectivity index (χ2n) is 10.2. The Morgan fingerprint density at radius 2 is 1.61 bits per heavy atom. The number of aromatic nitrogens is 2. The Hall–Kier alpha value is -5.17. The fourth-order valence-electron chi connectivity index (χ4n) is 4.09. The normalized spacial score (nSPS) is 11.2. The Labute approximate surface area is 252 Å². The largest absolute Gasteiger partial charge is 0.491 e. The molecule has 0 unspecified atom stereocenters. The van der Waals surface area contributed by atoms with Crippen molar-refractivity contribution < 1.29 is 27.5 Å². The molecule has 5 N–H and O–H groups in total. The van der Waals surface area contributed by atoms with Gasteiger partial charge in [0.25, 0.3) is 11.8 Å². The van der Waals surface area contributed by atoms with Crippen molar-refractivity contribution in [1.29, 1.82) is 0 Å². The van der Waals surface area contributed by atoms with Gasteiger partial charge in [0, 0.05) is 29.0 Å². The van der Waals surface area contributed by atoms with E-state index in [1.807, 2.05) is 14.1 Å². The van der Waals surface area contributed by atoms with E-state index in [9.17, 15) is 22.8 Å². The third-order valence-corrected chi connectivity index (χ3v) is 6.38. The fourth-order valence-corrected chi connectivity index (χ4v) is 4.09. The zero-order chi connectivity index (χ0) is 31.9. The highest BCUT2D eigenvalue weighted by molar-refractivity contribution is 6.08. The number of halogens is 3. The number of ether oxygens (including phenoxy) is 1. The molecule has 0 aliphatic carbocycles. The third kappa shape index (κ3) is 8.67. The van der Waals surface area contributed by atoms with Crippen LogP contribution < -0.4 is 26.4 Å². The number of aryl methyl sites for hydroxylation is 1. The van der Waals surface area contributed by atoms with Crippen molar-refractivity contribution in [3.05, 3.63) is 95.3 Å². The maximum Gasteiger partial charge on any atom is 0.416 e. The number of nitrogens with two attached hydrogens (primary N) is 1. The average molecular weight is 608 g/mol. The van der Waals surface area contributed by atoms with E-state index in [0.29, 0.717) is 35.0 Å². The number of anilines is 5. The molecule has 0 spiro atoms. The van der Waals surface area contributed by atoms with Crippen LogP contribution in [0.25, 0.3) is 0 Å². The molecule has 44 heavy (non-hydrogen) atoms. The number of benzene rings is 3. The predicted octanol–water partition coefficient (Wildman–Crippen LogP) is 5.96. The van der Waals surface area contributed by atoms with E-state index in [2.05, 4.69) is 30.8 Å². The molecule has 0 atom stereocenters. The molecule has 13 heteroatoms. The highest BCUT2D eigenvalue weighted by atomic mass is 19.4. The summed E-state index contributed by atoms with van der Waals surface area (Å²) in [6, 6.07) is 14.0. The maximum absolute atomic E-state index is 13.0. The zero-order valence-electron chi connectivity index (χ0n) is 24.3. The minimum absolute atomic E-state index is 0.167. The molecular formula is C31H32F3N7O3. The summed E-state index contributed by atoms with van der Waals surface area (Å²) in [6.45, 7) is 3.16. The molecule has 1 heterocycles. The minimum atomic E-state index is -4.58. The third-order valence-electron chi connectivity index (χ3n) is 6.38. The number of amides is 2. The molecular weight excluding hydrogens is 575 g/mol. The summed E-state index contributed by atoms with van der Waals surface area (Å²) in [4.78, 5) is 36.2. The van der Waals surface area contributed by atoms with Crippen LogP contribution in [0.3, 0.4) is 0 Å². The van der Waals surface area contributed by atoms with Crippen LogP contribution in [-0.2, 0) is 6.18 Å². The molecule has 1 aromatic heterocycles. The Balaban J connectivity index is 1.36. The van der Waals surface area contributed by atoms with E-state index in [1.54, 1.807) is 37.3 Å². The summed E-state index contributed by atoms with van der Waals surface area (Å²) in [7, 11) is 4.00. The van der Waals surface area contributed by atoms with Crippen molar-refractivity contribution in [2.45, 2.75) is 19.5 Å². The van der Waals surface area contributed by atoms with Gasteiger partial charge >= 0.3 is 6.18 Å². The molecule has 0 saturated heterocycles. The number of nitrogen functional groups attached to an aromatic ring is 1. The molecule has 4 rings (SSSR count). The van der Waals surface area contributed by atoms with Gasteiger partial charge in [-0.15, -0.1) is 0 Å². The maximum atomic E-state index is 13.0. The van der Waals surface area contributed by atoms with Crippen molar-refractivity contribution in [1.82, 2.24) is 14.9 Å². The van der Waals surface area contributed by atoms with Gasteiger partial charge in [-0.05, 0) is 81.5 Å². The van der Waals surface area contributed by atoms with Gasteiger partial charge in [-0.25, -0.2) is 9.97 Å². The van der Waals surface area contributed by atoms with Crippen LogP contribution in [0.1, 0.15) is 38.3 Å². The molecule has 0 bridgehead atoms. The SMILES string of the molecule is Cc1ccc(NC(=O)c2cccc(C(F)(F)F)c2)cc1C(=O)Nc1cnc(Nc2ccc(OCCCN(C)C)c(N)c2)nc1. The lowest BCUT2D eigenvalue weighted by atomic mass is 10.1. The second-order valence-corrected chi connectivity index (χ2v) is 10.2. The van der Waals surface area contributed by atoms with Crippen molar-refractivity contribution >= 4 is 40.5 Å². The van der Waals surface area contributed by atoms with Crippen LogP contribution in [0.2, 0.25) is 0 Å². The van der Waals surface area contributed by atoms with E-state index in [4.69, 9.17) is 10.5 Å². The molecule has 0 aliphatic rings. The van der Waals surface area contributed by atoms with Crippen LogP contribution in [0.5, 0.6) is 5.75 Å². The van der Waals surface area contributed by atoms with E-state index in [0.717, 1.165) is 31.2 Å². The standard InChI is InChI=1S/C31H32F3N7O3/c1-19-8-9-22(38-28(42)20-6-4-7-21(14-20)31(32,33)34)15-25(19)29(43)39-24-17-36-30(37-18-24)40-23-10-11-27(26(35)16-23)44-13-5-12-41(2)3/h4,6-11,14-18H,5,12-13,35H2,1-3H3,(H,38,42)(H,39,43)(H,36,37,40). The van der Waals surface area contributed by atoms with Gasteiger partial charge in [0.2, 0.25) is 5.95 Å². The van der Waals surface area contributed by atoms with Gasteiger partial charge in [0.1, 0.15) is 5.75 Å². The first-order valence-corrected chi connectivity index (χ1v) is 13.6. The molecule has 2 amide bonds. The van der Waals surface area contributed by atoms with Gasteiger partial charge in [-0.3, -0.25) is 9.59 Å². The number of hydrogen-bond donors (Lipinski definition) is 4. The van der Waals surface area contributed by atoms with Crippen molar-refractivity contribution in [2.75, 3.05) is 48.9 Å². The molecule has 0 fully saturated rings. The quantitative estimate of drug-likeness (QED) is 0.121. The first-order valence-electron chi connectivity index (χ1n) is 13.6. The molecule has 0 aliphatic heterocycles. The Kier molecular flexibility index (Phi) is 10.0. The average Bonchev–Trinajstić information content (AvgIpc) is 2.97. The van der Waals surface area contributed by atoms with Crippen LogP contribution in [0.4, 0.5) is 41.9 Å². The predicted molar refractivity (Wildman–Crippen MR) is 163 cm³/mol. The number of carbonyl (C=O) groups excluding carboxylic acids is 2. The molecule has 4 aromatic rings. The van der Waals surface area contributed by atoms with Gasteiger partial charge in [-0.1, -0.05) is 12.1 Å². The zero-order valence-corrected chi connectivity index (χ0v) is 24.3. The molecule has 0 radical (unpaired) electrons. The number of nitrogens with one attached hydrogen (secondary N) is 3. The summed E-state index contributed by atoms with van der Waals surface area (Å²) in [5, 5.41) is 8.29. The second kappa shape index (κ2) is 13.9. The highest BCUT2D eigenvalue weighted by Crippen LogP contribution is 2.30. The Morgan fingerprint density at radius 3 is 2.30 bits per heavy atom. The van der Waals surface area contributed by atoms with Crippen LogP contribution in [-0.4, -0.2) is 53.9 Å². The van der Waals surface area contributed by atoms with Crippen LogP contribution >= 0.6 is 0 Å². The molecule has 230 valence electrons. The molecule has 0 saturated carbocycles. The number of nitrogens with zero attached hydrogens (tertiary/aromatic N) is 3. The van der Waals surface area contributed by atoms with Crippen molar-refractivity contribution in [2.24, 2.45) is 0 Å². The fraction of sp³-hybridized carbons (Fsp3) is 0.226. The summed E-state index contributed by atoms with van der Waals surface area (Å²) < 4.78 is 44.8. The molecule has 10 nitrogen and oxygen atoms in total. The van der Waals surface area contributed by atoms with Gasteiger partial charge in [-0.2, -0.15) is 13.2 Å². The van der Waals surface area contributed by atoms with E-state index >= 15 is 0 Å². The van der Waals surface area contributed by atoms with Gasteiger partial charge in [0.15, 0.2) is 0 Å². The summed E-state index contributed by atoms with van der Waals surface area (Å²) in [5.41, 5.74) is 7.55. The van der Waals surface area contributed by atoms with Gasteiger partial charge in [0.05, 0.1) is 35.9 Å². The summed E-state index contributed by atoms with van der Waals surface area (Å²) in [6.07, 6.45) is -0.862. The number of alkyl halides is 3. The van der Waals surface area contributed by atoms with E-state index in [-0.39, 0.29) is 22.8 Å².